The van der Waals surface area contributed by atoms with Gasteiger partial charge in [-0.1, -0.05) is 6.92 Å². The summed E-state index contributed by atoms with van der Waals surface area (Å²) in [4.78, 5) is 13.9. The number of nitrogens with two attached hydrogens (primary N) is 1. The maximum absolute atomic E-state index is 11.9. The average Bonchev–Trinajstić information content (AvgIpc) is 2.30. The Bertz CT molecular complexity index is 372. The summed E-state index contributed by atoms with van der Waals surface area (Å²) >= 11 is 0. The molecule has 1 unspecified atom stereocenters. The van der Waals surface area contributed by atoms with Gasteiger partial charge in [-0.2, -0.15) is 0 Å². The lowest BCUT2D eigenvalue weighted by molar-refractivity contribution is -0.120. The first-order chi connectivity index (χ1) is 7.72. The zero-order chi connectivity index (χ0) is 11.5. The quantitative estimate of drug-likeness (QED) is 0.775. The van der Waals surface area contributed by atoms with Gasteiger partial charge in [0.05, 0.1) is 0 Å². The molecule has 0 spiro atoms. The molecule has 0 bridgehead atoms. The number of anilines is 2. The largest absolute Gasteiger partial charge is 0.399 e. The number of amides is 1. The molecule has 1 fully saturated rings. The fourth-order valence-corrected chi connectivity index (χ4v) is 2.32. The molecule has 2 rings (SSSR count). The van der Waals surface area contributed by atoms with Crippen LogP contribution in [-0.2, 0) is 4.79 Å². The number of carbonyl (C=O) groups is 1. The van der Waals surface area contributed by atoms with Crippen LogP contribution in [0, 0.1) is 0 Å². The summed E-state index contributed by atoms with van der Waals surface area (Å²) in [5.41, 5.74) is 7.37. The number of hydrogen-bond donors (Lipinski definition) is 1. The molecule has 1 aromatic carbocycles. The number of carbonyl (C=O) groups excluding carboxylic acids is 1. The minimum atomic E-state index is 0.239. The predicted octanol–water partition coefficient (Wildman–Crippen LogP) is 2.56. The molecule has 1 amide bonds. The van der Waals surface area contributed by atoms with Crippen LogP contribution in [0.3, 0.4) is 0 Å². The molecule has 16 heavy (non-hydrogen) atoms. The molecule has 1 aromatic rings. The number of nitrogens with zero attached hydrogens (tertiary/aromatic N) is 1. The van der Waals surface area contributed by atoms with Crippen LogP contribution in [0.4, 0.5) is 11.4 Å². The molecule has 0 aromatic heterocycles. The van der Waals surface area contributed by atoms with Crippen LogP contribution in [0.5, 0.6) is 0 Å². The molecule has 0 radical (unpaired) electrons. The topological polar surface area (TPSA) is 46.3 Å². The highest BCUT2D eigenvalue weighted by Gasteiger charge is 2.27. The Labute approximate surface area is 96.2 Å². The number of hydrogen-bond acceptors (Lipinski definition) is 2. The Morgan fingerprint density at radius 2 is 2.06 bits per heavy atom. The maximum Gasteiger partial charge on any atom is 0.227 e. The van der Waals surface area contributed by atoms with Gasteiger partial charge in [0.1, 0.15) is 0 Å². The van der Waals surface area contributed by atoms with Crippen molar-refractivity contribution >= 4 is 17.3 Å². The first kappa shape index (κ1) is 11.0. The van der Waals surface area contributed by atoms with Crippen molar-refractivity contribution in [2.45, 2.75) is 38.6 Å². The highest BCUT2D eigenvalue weighted by Crippen LogP contribution is 2.27. The third-order valence-corrected chi connectivity index (χ3v) is 3.20. The predicted molar refractivity (Wildman–Crippen MR) is 66.3 cm³/mol. The van der Waals surface area contributed by atoms with Gasteiger partial charge in [-0.05, 0) is 43.5 Å². The average molecular weight is 218 g/mol. The lowest BCUT2D eigenvalue weighted by Crippen LogP contribution is -2.43. The summed E-state index contributed by atoms with van der Waals surface area (Å²) in [6.45, 7) is 2.13. The van der Waals surface area contributed by atoms with E-state index in [4.69, 9.17) is 5.73 Å². The first-order valence-electron chi connectivity index (χ1n) is 5.90. The summed E-state index contributed by atoms with van der Waals surface area (Å²) in [6.07, 6.45) is 3.80. The lowest BCUT2D eigenvalue weighted by atomic mass is 9.98. The zero-order valence-electron chi connectivity index (χ0n) is 9.65. The van der Waals surface area contributed by atoms with Crippen LogP contribution in [0.15, 0.2) is 24.3 Å². The molecule has 1 aliphatic heterocycles. The van der Waals surface area contributed by atoms with Crippen molar-refractivity contribution in [1.29, 1.82) is 0 Å². The van der Waals surface area contributed by atoms with E-state index in [2.05, 4.69) is 6.92 Å². The third kappa shape index (κ3) is 2.03. The number of benzene rings is 1. The standard InChI is InChI=1S/C13H18N2O/c1-2-11-4-3-5-13(16)15(11)12-8-6-10(14)7-9-12/h6-9,11H,2-5,14H2,1H3. The zero-order valence-corrected chi connectivity index (χ0v) is 9.65. The Morgan fingerprint density at radius 3 is 2.69 bits per heavy atom. The SMILES string of the molecule is CCC1CCCC(=O)N1c1ccc(N)cc1. The molecule has 2 N–H and O–H groups in total. The van der Waals surface area contributed by atoms with Crippen LogP contribution in [0.2, 0.25) is 0 Å². The molecule has 1 atom stereocenters. The Morgan fingerprint density at radius 1 is 1.38 bits per heavy atom. The molecule has 1 heterocycles. The molecule has 1 saturated heterocycles. The van der Waals surface area contributed by atoms with E-state index >= 15 is 0 Å². The van der Waals surface area contributed by atoms with E-state index in [1.807, 2.05) is 29.2 Å². The number of nitrogen functional groups attached to an aromatic ring is 1. The normalized spacial score (nSPS) is 21.2. The van der Waals surface area contributed by atoms with E-state index in [-0.39, 0.29) is 5.91 Å². The van der Waals surface area contributed by atoms with Crippen molar-refractivity contribution in [3.05, 3.63) is 24.3 Å². The second-order valence-corrected chi connectivity index (χ2v) is 4.31. The van der Waals surface area contributed by atoms with Crippen molar-refractivity contribution in [3.8, 4) is 0 Å². The smallest absolute Gasteiger partial charge is 0.227 e. The highest BCUT2D eigenvalue weighted by molar-refractivity contribution is 5.94. The van der Waals surface area contributed by atoms with Crippen molar-refractivity contribution in [2.24, 2.45) is 0 Å². The van der Waals surface area contributed by atoms with Crippen molar-refractivity contribution in [2.75, 3.05) is 10.6 Å². The summed E-state index contributed by atoms with van der Waals surface area (Å²) < 4.78 is 0. The van der Waals surface area contributed by atoms with Gasteiger partial charge >= 0.3 is 0 Å². The van der Waals surface area contributed by atoms with E-state index in [0.717, 1.165) is 30.6 Å². The van der Waals surface area contributed by atoms with E-state index in [1.54, 1.807) is 0 Å². The highest BCUT2D eigenvalue weighted by atomic mass is 16.2. The summed E-state index contributed by atoms with van der Waals surface area (Å²) in [5, 5.41) is 0. The summed E-state index contributed by atoms with van der Waals surface area (Å²) in [7, 11) is 0. The Kier molecular flexibility index (Phi) is 3.13. The minimum Gasteiger partial charge on any atom is -0.399 e. The van der Waals surface area contributed by atoms with Crippen LogP contribution in [0.1, 0.15) is 32.6 Å². The van der Waals surface area contributed by atoms with Gasteiger partial charge in [0.15, 0.2) is 0 Å². The molecule has 1 aliphatic rings. The molecule has 86 valence electrons. The molecule has 3 heteroatoms. The summed E-state index contributed by atoms with van der Waals surface area (Å²) in [6, 6.07) is 7.92. The van der Waals surface area contributed by atoms with Crippen molar-refractivity contribution in [3.63, 3.8) is 0 Å². The molecular formula is C13H18N2O. The second-order valence-electron chi connectivity index (χ2n) is 4.31. The van der Waals surface area contributed by atoms with Crippen LogP contribution in [0.25, 0.3) is 0 Å². The van der Waals surface area contributed by atoms with Gasteiger partial charge in [-0.25, -0.2) is 0 Å². The second kappa shape index (κ2) is 4.56. The van der Waals surface area contributed by atoms with E-state index in [0.29, 0.717) is 12.5 Å². The fourth-order valence-electron chi connectivity index (χ4n) is 2.32. The maximum atomic E-state index is 11.9. The van der Waals surface area contributed by atoms with Gasteiger partial charge in [0, 0.05) is 23.8 Å². The van der Waals surface area contributed by atoms with Gasteiger partial charge in [0.25, 0.3) is 0 Å². The van der Waals surface area contributed by atoms with Gasteiger partial charge in [-0.15, -0.1) is 0 Å². The van der Waals surface area contributed by atoms with Crippen molar-refractivity contribution < 1.29 is 4.79 Å². The van der Waals surface area contributed by atoms with Crippen LogP contribution >= 0.6 is 0 Å². The number of rotatable bonds is 2. The van der Waals surface area contributed by atoms with Crippen molar-refractivity contribution in [1.82, 2.24) is 0 Å². The van der Waals surface area contributed by atoms with E-state index < -0.39 is 0 Å². The molecule has 0 saturated carbocycles. The third-order valence-electron chi connectivity index (χ3n) is 3.20. The van der Waals surface area contributed by atoms with Gasteiger partial charge in [0.2, 0.25) is 5.91 Å². The lowest BCUT2D eigenvalue weighted by Gasteiger charge is -2.35. The Balaban J connectivity index is 2.28. The fraction of sp³-hybridized carbons (Fsp3) is 0.462. The summed E-state index contributed by atoms with van der Waals surface area (Å²) in [5.74, 6) is 0.239. The van der Waals surface area contributed by atoms with Gasteiger partial charge in [-0.3, -0.25) is 4.79 Å². The van der Waals surface area contributed by atoms with E-state index in [1.165, 1.54) is 0 Å². The molecular weight excluding hydrogens is 200 g/mol. The van der Waals surface area contributed by atoms with E-state index in [9.17, 15) is 4.79 Å². The monoisotopic (exact) mass is 218 g/mol. The minimum absolute atomic E-state index is 0.239. The van der Waals surface area contributed by atoms with Crippen LogP contribution in [-0.4, -0.2) is 11.9 Å². The van der Waals surface area contributed by atoms with Crippen LogP contribution < -0.4 is 10.6 Å². The first-order valence-corrected chi connectivity index (χ1v) is 5.90. The molecule has 3 nitrogen and oxygen atoms in total. The molecule has 0 aliphatic carbocycles. The number of piperidine rings is 1. The Hall–Kier alpha value is -1.51. The van der Waals surface area contributed by atoms with Gasteiger partial charge < -0.3 is 10.6 Å².